The van der Waals surface area contributed by atoms with Crippen molar-refractivity contribution < 1.29 is 18.6 Å². The van der Waals surface area contributed by atoms with Crippen LogP contribution in [0.5, 0.6) is 34.5 Å². The monoisotopic (exact) mass is 1060 g/mol. The van der Waals surface area contributed by atoms with Crippen molar-refractivity contribution in [3.63, 3.8) is 0 Å². The molecule has 0 saturated heterocycles. The molecule has 3 aliphatic heterocycles. The molecule has 0 atom stereocenters. The van der Waals surface area contributed by atoms with Crippen LogP contribution in [0, 0.1) is 0 Å². The molecule has 16 rings (SSSR count). The fraction of sp³-hybridized carbons (Fsp3) is 0. The Kier molecular flexibility index (Phi) is 10.9. The van der Waals surface area contributed by atoms with Gasteiger partial charge in [0.25, 0.3) is 0 Å². The molecule has 3 aliphatic rings. The Labute approximate surface area is 471 Å². The van der Waals surface area contributed by atoms with Gasteiger partial charge in [0.2, 0.25) is 11.8 Å². The SMILES string of the molecule is c1ccc(-c2nnc(-c3ccc(N4c5ccccc5Oc5c(-c6cccc7c6Oc6ccccc6N7c6ccc(-c7nnc(-c8ccc(N9c%10ccccc%10Oc%10ccccc%109)cc8)o7)cc6)cccc54)cc3)n2-c2ccccc2)cc1. The molecule has 0 N–H and O–H groups in total. The summed E-state index contributed by atoms with van der Waals surface area (Å²) in [5, 5.41) is 18.5. The number of hydrogen-bond donors (Lipinski definition) is 0. The van der Waals surface area contributed by atoms with E-state index in [1.165, 1.54) is 0 Å². The van der Waals surface area contributed by atoms with Crippen LogP contribution in [0.1, 0.15) is 0 Å². The Bertz CT molecular complexity index is 4520. The minimum absolute atomic E-state index is 0.414. The zero-order valence-electron chi connectivity index (χ0n) is 43.6. The van der Waals surface area contributed by atoms with Gasteiger partial charge < -0.3 is 33.3 Å². The van der Waals surface area contributed by atoms with Gasteiger partial charge in [-0.3, -0.25) is 4.57 Å². The molecule has 0 saturated carbocycles. The van der Waals surface area contributed by atoms with Gasteiger partial charge in [-0.2, -0.15) is 0 Å². The third-order valence-electron chi connectivity index (χ3n) is 15.1. The van der Waals surface area contributed by atoms with Crippen molar-refractivity contribution in [1.29, 1.82) is 0 Å². The van der Waals surface area contributed by atoms with Crippen LogP contribution in [0.2, 0.25) is 0 Å². The molecule has 82 heavy (non-hydrogen) atoms. The van der Waals surface area contributed by atoms with Gasteiger partial charge in [0.05, 0.1) is 34.1 Å². The van der Waals surface area contributed by atoms with E-state index in [1.54, 1.807) is 0 Å². The highest BCUT2D eigenvalue weighted by Gasteiger charge is 2.33. The summed E-state index contributed by atoms with van der Waals surface area (Å²) in [6, 6.07) is 90.1. The first-order chi connectivity index (χ1) is 40.7. The van der Waals surface area contributed by atoms with Gasteiger partial charge in [0.1, 0.15) is 0 Å². The second-order valence-electron chi connectivity index (χ2n) is 19.9. The number of fused-ring (bicyclic) bond motifs is 6. The van der Waals surface area contributed by atoms with Gasteiger partial charge in [-0.05, 0) is 146 Å². The lowest BCUT2D eigenvalue weighted by Gasteiger charge is -2.35. The Balaban J connectivity index is 0.715. The number of para-hydroxylation sites is 11. The van der Waals surface area contributed by atoms with E-state index >= 15 is 0 Å². The predicted molar refractivity (Wildman–Crippen MR) is 321 cm³/mol. The van der Waals surface area contributed by atoms with E-state index in [4.69, 9.17) is 28.8 Å². The second-order valence-corrected chi connectivity index (χ2v) is 19.9. The van der Waals surface area contributed by atoms with Gasteiger partial charge in [0, 0.05) is 56.1 Å². The zero-order chi connectivity index (χ0) is 54.1. The quantitative estimate of drug-likeness (QED) is 0.138. The van der Waals surface area contributed by atoms with E-state index in [0.29, 0.717) is 23.3 Å². The third kappa shape index (κ3) is 7.76. The van der Waals surface area contributed by atoms with Crippen LogP contribution in [0.3, 0.4) is 0 Å². The van der Waals surface area contributed by atoms with E-state index in [-0.39, 0.29) is 0 Å². The van der Waals surface area contributed by atoms with E-state index in [1.807, 2.05) is 133 Å². The van der Waals surface area contributed by atoms with Gasteiger partial charge >= 0.3 is 0 Å². The number of hydrogen-bond acceptors (Lipinski definition) is 11. The summed E-state index contributed by atoms with van der Waals surface area (Å²) in [7, 11) is 0. The Morgan fingerprint density at radius 1 is 0.244 bits per heavy atom. The molecule has 0 fully saturated rings. The number of nitrogens with zero attached hydrogens (tertiary/aromatic N) is 8. The largest absolute Gasteiger partial charge is 0.453 e. The maximum Gasteiger partial charge on any atom is 0.248 e. The first kappa shape index (κ1) is 46.6. The lowest BCUT2D eigenvalue weighted by atomic mass is 9.98. The molecule has 388 valence electrons. The van der Waals surface area contributed by atoms with Crippen LogP contribution in [-0.4, -0.2) is 25.0 Å². The Morgan fingerprint density at radius 2 is 0.585 bits per heavy atom. The number of aromatic nitrogens is 5. The number of benzene rings is 11. The van der Waals surface area contributed by atoms with Crippen LogP contribution in [0.15, 0.2) is 271 Å². The zero-order valence-corrected chi connectivity index (χ0v) is 43.6. The highest BCUT2D eigenvalue weighted by Crippen LogP contribution is 2.59. The fourth-order valence-electron chi connectivity index (χ4n) is 11.3. The van der Waals surface area contributed by atoms with Crippen molar-refractivity contribution in [1.82, 2.24) is 25.0 Å². The summed E-state index contributed by atoms with van der Waals surface area (Å²) < 4.78 is 28.7. The highest BCUT2D eigenvalue weighted by atomic mass is 16.5. The summed E-state index contributed by atoms with van der Waals surface area (Å²) in [4.78, 5) is 6.69. The standard InChI is InChI=1S/C70H44N8O4/c1-3-17-45(18-4-1)67-71-72-68(78(67)49-19-5-2-6-20-49)46-33-39-51(40-34-46)76-57-25-9-13-31-63(57)80-65-53(21-15-27-59(65)76)54-22-16-28-60-66(54)81-64-32-14-10-26-58(64)77(60)52-43-37-48(38-44-52)70-74-73-69(82-70)47-35-41-50(42-36-47)75-55-23-7-11-29-61(55)79-62-30-12-8-24-56(62)75/h1-44H. The number of rotatable bonds is 9. The Morgan fingerprint density at radius 3 is 1.02 bits per heavy atom. The predicted octanol–water partition coefficient (Wildman–Crippen LogP) is 18.7. The van der Waals surface area contributed by atoms with E-state index in [0.717, 1.165) is 125 Å². The molecule has 0 bridgehead atoms. The normalized spacial score (nSPS) is 12.6. The minimum atomic E-state index is 0.414. The molecule has 0 spiro atoms. The maximum atomic E-state index is 6.97. The summed E-state index contributed by atoms with van der Waals surface area (Å²) in [6.45, 7) is 0. The van der Waals surface area contributed by atoms with E-state index in [2.05, 4.69) is 163 Å². The van der Waals surface area contributed by atoms with Gasteiger partial charge in [0.15, 0.2) is 46.1 Å². The molecule has 2 aromatic heterocycles. The van der Waals surface area contributed by atoms with Crippen LogP contribution in [-0.2, 0) is 0 Å². The maximum absolute atomic E-state index is 6.97. The molecule has 12 nitrogen and oxygen atoms in total. The summed E-state index contributed by atoms with van der Waals surface area (Å²) >= 11 is 0. The first-order valence-corrected chi connectivity index (χ1v) is 26.9. The second kappa shape index (κ2) is 19.1. The Hall–Kier alpha value is -11.5. The molecular weight excluding hydrogens is 1020 g/mol. The molecule has 12 heteroatoms. The van der Waals surface area contributed by atoms with Crippen LogP contribution >= 0.6 is 0 Å². The van der Waals surface area contributed by atoms with Crippen LogP contribution in [0.25, 0.3) is 62.5 Å². The molecule has 11 aromatic carbocycles. The lowest BCUT2D eigenvalue weighted by Crippen LogP contribution is -2.17. The molecule has 13 aromatic rings. The average molecular weight is 1060 g/mol. The lowest BCUT2D eigenvalue weighted by molar-refractivity contribution is 0.471. The van der Waals surface area contributed by atoms with Gasteiger partial charge in [-0.25, -0.2) is 0 Å². The number of anilines is 9. The molecule has 0 aliphatic carbocycles. The smallest absolute Gasteiger partial charge is 0.248 e. The minimum Gasteiger partial charge on any atom is -0.453 e. The van der Waals surface area contributed by atoms with Crippen LogP contribution < -0.4 is 28.9 Å². The molecule has 5 heterocycles. The summed E-state index contributed by atoms with van der Waals surface area (Å²) in [5.41, 5.74) is 14.6. The summed E-state index contributed by atoms with van der Waals surface area (Å²) in [6.07, 6.45) is 0. The van der Waals surface area contributed by atoms with Crippen molar-refractivity contribution in [3.8, 4) is 97.0 Å². The number of ether oxygens (including phenoxy) is 3. The average Bonchev–Trinajstić information content (AvgIpc) is 3.86. The molecule has 0 radical (unpaired) electrons. The molecule has 0 unspecified atom stereocenters. The van der Waals surface area contributed by atoms with Crippen molar-refractivity contribution in [2.75, 3.05) is 14.7 Å². The van der Waals surface area contributed by atoms with E-state index in [9.17, 15) is 0 Å². The van der Waals surface area contributed by atoms with Crippen molar-refractivity contribution in [2.45, 2.75) is 0 Å². The first-order valence-electron chi connectivity index (χ1n) is 26.9. The van der Waals surface area contributed by atoms with Crippen molar-refractivity contribution in [3.05, 3.63) is 267 Å². The molecular formula is C70H44N8O4. The third-order valence-corrected chi connectivity index (χ3v) is 15.1. The van der Waals surface area contributed by atoms with Gasteiger partial charge in [-0.1, -0.05) is 121 Å². The summed E-state index contributed by atoms with van der Waals surface area (Å²) in [5.74, 6) is 6.79. The van der Waals surface area contributed by atoms with E-state index < -0.39 is 0 Å². The van der Waals surface area contributed by atoms with Crippen molar-refractivity contribution in [2.24, 2.45) is 0 Å². The van der Waals surface area contributed by atoms with Crippen LogP contribution in [0.4, 0.5) is 51.2 Å². The highest BCUT2D eigenvalue weighted by molar-refractivity contribution is 5.97. The van der Waals surface area contributed by atoms with Crippen molar-refractivity contribution >= 4 is 51.2 Å². The topological polar surface area (TPSA) is 107 Å². The van der Waals surface area contributed by atoms with Gasteiger partial charge in [-0.15, -0.1) is 20.4 Å². The fourth-order valence-corrected chi connectivity index (χ4v) is 11.3. The molecule has 0 amide bonds.